The molecule has 1 aliphatic carbocycles. The molecule has 0 atom stereocenters. The van der Waals surface area contributed by atoms with Crippen LogP contribution in [0.1, 0.15) is 255 Å². The molecule has 0 spiro atoms. The first-order chi connectivity index (χ1) is 28.1. The van der Waals surface area contributed by atoms with E-state index >= 15 is 0 Å². The molecule has 3 aliphatic rings. The highest BCUT2D eigenvalue weighted by molar-refractivity contribution is 5.47. The molecule has 8 heteroatoms. The van der Waals surface area contributed by atoms with Gasteiger partial charge < -0.3 is 25.8 Å². The lowest BCUT2D eigenvalue weighted by Crippen LogP contribution is -2.63. The standard InChI is InChI=1S/C51H98N8/c1-11-13-15-17-19-21-23-25-27-32-36-58(43-38-48(3,4)56-49(5,6)39-43)46-53-45(52-42-34-30-29-31-35-42)54-47(55-46)59(44-40-50(7,8)57-51(9,10)41-44)37-33-28-26-24-22-20-18-16-14-12-2/h42-44,56-57H,11-41H2,1-10H3,(H,52,53,54,55). The molecule has 0 aromatic carbocycles. The zero-order valence-electron chi connectivity index (χ0n) is 40.9. The summed E-state index contributed by atoms with van der Waals surface area (Å²) in [5, 5.41) is 11.9. The summed E-state index contributed by atoms with van der Waals surface area (Å²) in [7, 11) is 0. The lowest BCUT2D eigenvalue weighted by Gasteiger charge is -2.50. The van der Waals surface area contributed by atoms with Gasteiger partial charge in [0.1, 0.15) is 0 Å². The van der Waals surface area contributed by atoms with Gasteiger partial charge in [0, 0.05) is 53.4 Å². The van der Waals surface area contributed by atoms with Crippen molar-refractivity contribution in [2.45, 2.75) is 296 Å². The highest BCUT2D eigenvalue weighted by atomic mass is 15.4. The van der Waals surface area contributed by atoms with Crippen molar-refractivity contribution < 1.29 is 0 Å². The second kappa shape index (κ2) is 24.8. The Balaban J connectivity index is 1.63. The Labute approximate surface area is 366 Å². The van der Waals surface area contributed by atoms with Crippen molar-refractivity contribution in [1.29, 1.82) is 0 Å². The summed E-state index contributed by atoms with van der Waals surface area (Å²) in [5.74, 6) is 2.62. The second-order valence-electron chi connectivity index (χ2n) is 22.4. The predicted molar refractivity (Wildman–Crippen MR) is 257 cm³/mol. The monoisotopic (exact) mass is 823 g/mol. The fourth-order valence-corrected chi connectivity index (χ4v) is 11.5. The Morgan fingerprint density at radius 2 is 0.780 bits per heavy atom. The van der Waals surface area contributed by atoms with Crippen molar-refractivity contribution >= 4 is 17.8 Å². The number of aromatic nitrogens is 3. The molecule has 1 saturated carbocycles. The number of nitrogens with zero attached hydrogens (tertiary/aromatic N) is 5. The van der Waals surface area contributed by atoms with Crippen molar-refractivity contribution in [1.82, 2.24) is 25.6 Å². The van der Waals surface area contributed by atoms with Gasteiger partial charge in [-0.2, -0.15) is 15.0 Å². The van der Waals surface area contributed by atoms with Gasteiger partial charge in [-0.05, 0) is 107 Å². The van der Waals surface area contributed by atoms with Gasteiger partial charge in [-0.15, -0.1) is 0 Å². The van der Waals surface area contributed by atoms with E-state index in [1.165, 1.54) is 161 Å². The Bertz CT molecular complexity index is 1170. The Morgan fingerprint density at radius 3 is 1.12 bits per heavy atom. The topological polar surface area (TPSA) is 81.2 Å². The highest BCUT2D eigenvalue weighted by Gasteiger charge is 2.43. The lowest BCUT2D eigenvalue weighted by atomic mass is 9.79. The van der Waals surface area contributed by atoms with E-state index in [1.54, 1.807) is 0 Å². The second-order valence-corrected chi connectivity index (χ2v) is 22.4. The summed E-state index contributed by atoms with van der Waals surface area (Å²) in [6.07, 6.45) is 37.6. The van der Waals surface area contributed by atoms with Crippen LogP contribution in [0.25, 0.3) is 0 Å². The molecule has 2 saturated heterocycles. The number of hydrogen-bond donors (Lipinski definition) is 3. The van der Waals surface area contributed by atoms with Crippen LogP contribution in [0.15, 0.2) is 0 Å². The maximum Gasteiger partial charge on any atom is 0.232 e. The molecule has 8 nitrogen and oxygen atoms in total. The number of rotatable bonds is 28. The number of unbranched alkanes of at least 4 members (excludes halogenated alkanes) is 18. The first-order valence-electron chi connectivity index (χ1n) is 25.8. The van der Waals surface area contributed by atoms with Crippen molar-refractivity contribution in [3.05, 3.63) is 0 Å². The van der Waals surface area contributed by atoms with Crippen molar-refractivity contribution in [3.8, 4) is 0 Å². The first-order valence-corrected chi connectivity index (χ1v) is 25.8. The number of nitrogens with one attached hydrogen (secondary N) is 3. The molecule has 0 bridgehead atoms. The Hall–Kier alpha value is -1.67. The third kappa shape index (κ3) is 18.7. The van der Waals surface area contributed by atoms with E-state index in [0.717, 1.165) is 56.6 Å². The molecule has 4 rings (SSSR count). The SMILES string of the molecule is CCCCCCCCCCCCN(c1nc(NC2CCCCC2)nc(N(CCCCCCCCCCCC)C2CC(C)(C)NC(C)(C)C2)n1)C1CC(C)(C)NC(C)(C)C1. The van der Waals surface area contributed by atoms with Gasteiger partial charge in [0.2, 0.25) is 17.8 Å². The Morgan fingerprint density at radius 1 is 0.458 bits per heavy atom. The van der Waals surface area contributed by atoms with Crippen LogP contribution in [0.4, 0.5) is 17.8 Å². The fourth-order valence-electron chi connectivity index (χ4n) is 11.5. The maximum atomic E-state index is 5.65. The molecule has 0 unspecified atom stereocenters. The van der Waals surface area contributed by atoms with Crippen LogP contribution < -0.4 is 25.8 Å². The minimum atomic E-state index is 0.0370. The summed E-state index contributed by atoms with van der Waals surface area (Å²) in [4.78, 5) is 21.8. The normalized spacial score (nSPS) is 20.8. The third-order valence-corrected chi connectivity index (χ3v) is 13.8. The molecule has 3 N–H and O–H groups in total. The molecule has 1 aromatic rings. The minimum Gasteiger partial charge on any atom is -0.351 e. The number of hydrogen-bond acceptors (Lipinski definition) is 8. The summed E-state index contributed by atoms with van der Waals surface area (Å²) in [6.45, 7) is 25.8. The average molecular weight is 823 g/mol. The quantitative estimate of drug-likeness (QED) is 0.0721. The van der Waals surface area contributed by atoms with E-state index in [-0.39, 0.29) is 22.2 Å². The van der Waals surface area contributed by atoms with E-state index in [9.17, 15) is 0 Å². The molecule has 59 heavy (non-hydrogen) atoms. The molecule has 1 aromatic heterocycles. The highest BCUT2D eigenvalue weighted by Crippen LogP contribution is 2.37. The van der Waals surface area contributed by atoms with Gasteiger partial charge in [-0.3, -0.25) is 0 Å². The zero-order valence-corrected chi connectivity index (χ0v) is 40.9. The van der Waals surface area contributed by atoms with Gasteiger partial charge in [0.25, 0.3) is 0 Å². The van der Waals surface area contributed by atoms with Crippen LogP contribution in [0.3, 0.4) is 0 Å². The van der Waals surface area contributed by atoms with Crippen molar-refractivity contribution in [2.24, 2.45) is 0 Å². The smallest absolute Gasteiger partial charge is 0.232 e. The van der Waals surface area contributed by atoms with Crippen molar-refractivity contribution in [2.75, 3.05) is 28.2 Å². The molecule has 0 amide bonds. The largest absolute Gasteiger partial charge is 0.351 e. The van der Waals surface area contributed by atoms with E-state index < -0.39 is 0 Å². The van der Waals surface area contributed by atoms with Crippen LogP contribution in [-0.4, -0.2) is 68.3 Å². The third-order valence-electron chi connectivity index (χ3n) is 13.8. The molecule has 2 aliphatic heterocycles. The molecule has 0 radical (unpaired) electrons. The lowest BCUT2D eigenvalue weighted by molar-refractivity contribution is 0.157. The van der Waals surface area contributed by atoms with Crippen molar-refractivity contribution in [3.63, 3.8) is 0 Å². The molecule has 3 fully saturated rings. The summed E-state index contributed by atoms with van der Waals surface area (Å²) >= 11 is 0. The van der Waals surface area contributed by atoms with E-state index in [0.29, 0.717) is 18.1 Å². The maximum absolute atomic E-state index is 5.65. The van der Waals surface area contributed by atoms with E-state index in [2.05, 4.69) is 95.0 Å². The first kappa shape index (κ1) is 50.0. The summed E-state index contributed by atoms with van der Waals surface area (Å²) < 4.78 is 0. The summed E-state index contributed by atoms with van der Waals surface area (Å²) in [5.41, 5.74) is 0.148. The van der Waals surface area contributed by atoms with Crippen LogP contribution in [0.2, 0.25) is 0 Å². The van der Waals surface area contributed by atoms with Gasteiger partial charge in [-0.1, -0.05) is 149 Å². The van der Waals surface area contributed by atoms with Gasteiger partial charge >= 0.3 is 0 Å². The number of anilines is 3. The van der Waals surface area contributed by atoms with E-state index in [1.807, 2.05) is 0 Å². The van der Waals surface area contributed by atoms with Gasteiger partial charge in [-0.25, -0.2) is 0 Å². The van der Waals surface area contributed by atoms with Crippen LogP contribution in [-0.2, 0) is 0 Å². The average Bonchev–Trinajstić information content (AvgIpc) is 3.14. The van der Waals surface area contributed by atoms with Crippen LogP contribution in [0.5, 0.6) is 0 Å². The molecule has 3 heterocycles. The van der Waals surface area contributed by atoms with Crippen LogP contribution >= 0.6 is 0 Å². The van der Waals surface area contributed by atoms with Crippen LogP contribution in [0, 0.1) is 0 Å². The van der Waals surface area contributed by atoms with E-state index in [4.69, 9.17) is 15.0 Å². The minimum absolute atomic E-state index is 0.0370. The molecule has 342 valence electrons. The Kier molecular flexibility index (Phi) is 21.0. The fraction of sp³-hybridized carbons (Fsp3) is 0.941. The molecular formula is C51H98N8. The predicted octanol–water partition coefficient (Wildman–Crippen LogP) is 13.7. The van der Waals surface area contributed by atoms with Gasteiger partial charge in [0.15, 0.2) is 0 Å². The summed E-state index contributed by atoms with van der Waals surface area (Å²) in [6, 6.07) is 1.17. The molecular weight excluding hydrogens is 725 g/mol. The van der Waals surface area contributed by atoms with Gasteiger partial charge in [0.05, 0.1) is 0 Å². The number of piperidine rings is 2. The zero-order chi connectivity index (χ0) is 42.8.